The Morgan fingerprint density at radius 3 is 2.18 bits per heavy atom. The highest BCUT2D eigenvalue weighted by Crippen LogP contribution is 2.67. The largest absolute Gasteiger partial charge is 0.426 e. The second-order valence-electron chi connectivity index (χ2n) is 15.8. The SMILES string of the molecule is CC(C)CCC[C@@H](C)[C@H]1CC[C@H]2[C@@H]3CC=C4C[C@@H](OC(F)(F)C(F)(F)C(F)(F)c5cc(N)cc(N)c5)CC[C@]4(C)[C@H]3CC[C@]12C. The number of fused-ring (bicyclic) bond motifs is 5. The lowest BCUT2D eigenvalue weighted by Gasteiger charge is -2.58. The van der Waals surface area contributed by atoms with E-state index in [-0.39, 0.29) is 29.6 Å². The van der Waals surface area contributed by atoms with Gasteiger partial charge in [0.05, 0.1) is 6.10 Å². The lowest BCUT2D eigenvalue weighted by molar-refractivity contribution is -0.413. The maximum absolute atomic E-state index is 15.0. The molecule has 0 bridgehead atoms. The number of alkyl halides is 6. The van der Waals surface area contributed by atoms with Crippen molar-refractivity contribution in [1.29, 1.82) is 0 Å². The van der Waals surface area contributed by atoms with Crippen LogP contribution >= 0.6 is 0 Å². The molecule has 0 unspecified atom stereocenters. The first-order chi connectivity index (χ1) is 20.8. The number of halogens is 6. The van der Waals surface area contributed by atoms with Crippen LogP contribution in [0.15, 0.2) is 29.8 Å². The maximum atomic E-state index is 15.0. The van der Waals surface area contributed by atoms with Crippen molar-refractivity contribution in [3.8, 4) is 0 Å². The molecular weight excluding hydrogens is 590 g/mol. The summed E-state index contributed by atoms with van der Waals surface area (Å²) in [5, 5.41) is 0. The van der Waals surface area contributed by atoms with E-state index in [0.29, 0.717) is 53.6 Å². The zero-order valence-corrected chi connectivity index (χ0v) is 27.5. The van der Waals surface area contributed by atoms with Crippen molar-refractivity contribution in [2.75, 3.05) is 11.5 Å². The van der Waals surface area contributed by atoms with Crippen molar-refractivity contribution in [3.63, 3.8) is 0 Å². The third kappa shape index (κ3) is 5.90. The summed E-state index contributed by atoms with van der Waals surface area (Å²) in [5.74, 6) is -7.44. The molecule has 0 aromatic heterocycles. The third-order valence-corrected chi connectivity index (χ3v) is 12.7. The molecule has 0 aliphatic heterocycles. The molecule has 1 aromatic rings. The number of benzene rings is 1. The molecule has 3 nitrogen and oxygen atoms in total. The van der Waals surface area contributed by atoms with Crippen molar-refractivity contribution < 1.29 is 31.1 Å². The third-order valence-electron chi connectivity index (χ3n) is 12.7. The Bertz CT molecular complexity index is 1250. The Morgan fingerprint density at radius 2 is 1.53 bits per heavy atom. The Morgan fingerprint density at radius 1 is 0.867 bits per heavy atom. The zero-order valence-electron chi connectivity index (χ0n) is 27.5. The minimum Gasteiger partial charge on any atom is -0.399 e. The first-order valence-corrected chi connectivity index (χ1v) is 17.0. The summed E-state index contributed by atoms with van der Waals surface area (Å²) in [5.41, 5.74) is 9.94. The van der Waals surface area contributed by atoms with Gasteiger partial charge in [0.1, 0.15) is 0 Å². The fraction of sp³-hybridized carbons (Fsp3) is 0.778. The van der Waals surface area contributed by atoms with Crippen molar-refractivity contribution in [2.45, 2.75) is 129 Å². The molecule has 8 atom stereocenters. The molecule has 4 aliphatic carbocycles. The second kappa shape index (κ2) is 12.0. The minimum absolute atomic E-state index is 0.0413. The molecule has 0 spiro atoms. The molecule has 0 heterocycles. The number of nitrogen functional groups attached to an aromatic ring is 2. The van der Waals surface area contributed by atoms with Gasteiger partial charge in [-0.05, 0) is 116 Å². The molecule has 0 saturated heterocycles. The first-order valence-electron chi connectivity index (χ1n) is 17.0. The van der Waals surface area contributed by atoms with Gasteiger partial charge in [-0.25, -0.2) is 0 Å². The van der Waals surface area contributed by atoms with Gasteiger partial charge in [0.25, 0.3) is 0 Å². The summed E-state index contributed by atoms with van der Waals surface area (Å²) < 4.78 is 94.5. The molecule has 1 aromatic carbocycles. The van der Waals surface area contributed by atoms with E-state index < -0.39 is 29.6 Å². The van der Waals surface area contributed by atoms with Crippen LogP contribution in [0.2, 0.25) is 0 Å². The summed E-state index contributed by atoms with van der Waals surface area (Å²) in [6.07, 6.45) is 5.43. The fourth-order valence-corrected chi connectivity index (χ4v) is 10.3. The van der Waals surface area contributed by atoms with Gasteiger partial charge < -0.3 is 16.2 Å². The minimum atomic E-state index is -5.83. The van der Waals surface area contributed by atoms with E-state index in [4.69, 9.17) is 11.5 Å². The zero-order chi connectivity index (χ0) is 33.2. The Balaban J connectivity index is 1.28. The quantitative estimate of drug-likeness (QED) is 0.152. The number of rotatable bonds is 10. The number of anilines is 2. The van der Waals surface area contributed by atoms with Crippen LogP contribution in [0.1, 0.15) is 111 Å². The average Bonchev–Trinajstić information content (AvgIpc) is 3.29. The van der Waals surface area contributed by atoms with Crippen LogP contribution in [-0.4, -0.2) is 18.1 Å². The van der Waals surface area contributed by atoms with E-state index in [2.05, 4.69) is 45.4 Å². The molecule has 0 amide bonds. The van der Waals surface area contributed by atoms with Gasteiger partial charge in [0.15, 0.2) is 0 Å². The summed E-state index contributed by atoms with van der Waals surface area (Å²) in [7, 11) is 0. The van der Waals surface area contributed by atoms with Crippen LogP contribution in [0.5, 0.6) is 0 Å². The molecule has 254 valence electrons. The van der Waals surface area contributed by atoms with Gasteiger partial charge in [-0.3, -0.25) is 0 Å². The number of hydrogen-bond acceptors (Lipinski definition) is 3. The first kappa shape index (κ1) is 34.4. The molecule has 3 saturated carbocycles. The van der Waals surface area contributed by atoms with Crippen molar-refractivity contribution in [1.82, 2.24) is 0 Å². The molecule has 3 fully saturated rings. The summed E-state index contributed by atoms with van der Waals surface area (Å²) in [4.78, 5) is 0. The highest BCUT2D eigenvalue weighted by molar-refractivity contribution is 5.55. The van der Waals surface area contributed by atoms with Gasteiger partial charge in [0.2, 0.25) is 0 Å². The molecule has 5 rings (SSSR count). The topological polar surface area (TPSA) is 61.3 Å². The van der Waals surface area contributed by atoms with Gasteiger partial charge in [0, 0.05) is 16.9 Å². The predicted molar refractivity (Wildman–Crippen MR) is 167 cm³/mol. The second-order valence-corrected chi connectivity index (χ2v) is 15.8. The van der Waals surface area contributed by atoms with E-state index in [1.165, 1.54) is 32.1 Å². The smallest absolute Gasteiger partial charge is 0.399 e. The average molecular weight is 643 g/mol. The Labute approximate surface area is 264 Å². The summed E-state index contributed by atoms with van der Waals surface area (Å²) in [6.45, 7) is 11.7. The van der Waals surface area contributed by atoms with E-state index in [0.717, 1.165) is 36.8 Å². The van der Waals surface area contributed by atoms with Crippen molar-refractivity contribution in [2.24, 2.45) is 46.3 Å². The fourth-order valence-electron chi connectivity index (χ4n) is 10.3. The number of allylic oxidation sites excluding steroid dienone is 1. The Hall–Kier alpha value is -1.90. The van der Waals surface area contributed by atoms with Crippen molar-refractivity contribution >= 4 is 11.4 Å². The number of hydrogen-bond donors (Lipinski definition) is 2. The summed E-state index contributed by atoms with van der Waals surface area (Å²) in [6, 6.07) is 2.15. The highest BCUT2D eigenvalue weighted by Gasteiger charge is 2.74. The number of nitrogens with two attached hydrogens (primary N) is 2. The number of ether oxygens (including phenoxy) is 1. The van der Waals surface area contributed by atoms with E-state index in [9.17, 15) is 17.6 Å². The molecule has 45 heavy (non-hydrogen) atoms. The van der Waals surface area contributed by atoms with Gasteiger partial charge >= 0.3 is 18.0 Å². The van der Waals surface area contributed by atoms with Crippen LogP contribution in [0, 0.1) is 46.3 Å². The van der Waals surface area contributed by atoms with Gasteiger partial charge in [-0.2, -0.15) is 26.3 Å². The maximum Gasteiger partial charge on any atom is 0.426 e. The lowest BCUT2D eigenvalue weighted by atomic mass is 9.47. The van der Waals surface area contributed by atoms with E-state index >= 15 is 8.78 Å². The standard InChI is InChI=1S/C36H52F6N2O/c1-21(2)7-6-8-22(3)29-11-12-30-28-10-9-23-19-27(13-15-32(23,4)31(28)14-16-33(29,30)5)45-36(41,42)35(39,40)34(37,38)24-17-25(43)20-26(44)18-24/h9,17-18,20-22,27-31H,6-8,10-16,19,43-44H2,1-5H3/t22-,27+,28+,29-,30+,31+,32+,33-/m1/s1. The van der Waals surface area contributed by atoms with Gasteiger partial charge in [-0.15, -0.1) is 0 Å². The van der Waals surface area contributed by atoms with Gasteiger partial charge in [-0.1, -0.05) is 65.5 Å². The predicted octanol–water partition coefficient (Wildman–Crippen LogP) is 10.6. The summed E-state index contributed by atoms with van der Waals surface area (Å²) >= 11 is 0. The highest BCUT2D eigenvalue weighted by atomic mass is 19.3. The van der Waals surface area contributed by atoms with Crippen LogP contribution in [-0.2, 0) is 10.7 Å². The monoisotopic (exact) mass is 642 g/mol. The molecule has 0 radical (unpaired) electrons. The normalized spacial score (nSPS) is 34.6. The van der Waals surface area contributed by atoms with Crippen LogP contribution < -0.4 is 11.5 Å². The van der Waals surface area contributed by atoms with Crippen LogP contribution in [0.3, 0.4) is 0 Å². The lowest BCUT2D eigenvalue weighted by Crippen LogP contribution is -2.56. The Kier molecular flexibility index (Phi) is 9.15. The van der Waals surface area contributed by atoms with Crippen LogP contribution in [0.25, 0.3) is 0 Å². The van der Waals surface area contributed by atoms with E-state index in [1.807, 2.05) is 0 Å². The molecular formula is C36H52F6N2O. The molecule has 4 aliphatic rings. The van der Waals surface area contributed by atoms with Crippen molar-refractivity contribution in [3.05, 3.63) is 35.4 Å². The van der Waals surface area contributed by atoms with Crippen LogP contribution in [0.4, 0.5) is 37.7 Å². The van der Waals surface area contributed by atoms with E-state index in [1.54, 1.807) is 0 Å². The molecule has 4 N–H and O–H groups in total. The molecule has 9 heteroatoms.